The maximum absolute atomic E-state index is 13.8. The molecule has 1 atom stereocenters. The third kappa shape index (κ3) is 3.44. The number of nitrogens with one attached hydrogen (secondary N) is 1. The quantitative estimate of drug-likeness (QED) is 0.885. The molecule has 0 saturated carbocycles. The number of benzene rings is 1. The molecule has 0 spiro atoms. The normalized spacial score (nSPS) is 20.5. The molecule has 1 N–H and O–H groups in total. The van der Waals surface area contributed by atoms with E-state index >= 15 is 0 Å². The van der Waals surface area contributed by atoms with Crippen LogP contribution in [0.25, 0.3) is 0 Å². The Kier molecular flexibility index (Phi) is 4.98. The molecule has 0 amide bonds. The molecule has 0 radical (unpaired) electrons. The van der Waals surface area contributed by atoms with Gasteiger partial charge in [0.2, 0.25) is 0 Å². The minimum absolute atomic E-state index is 0.198. The molecule has 2 nitrogen and oxygen atoms in total. The summed E-state index contributed by atoms with van der Waals surface area (Å²) < 4.78 is 13.8. The van der Waals surface area contributed by atoms with Crippen LogP contribution in [0.2, 0.25) is 5.02 Å². The zero-order valence-electron chi connectivity index (χ0n) is 10.8. The van der Waals surface area contributed by atoms with Crippen molar-refractivity contribution in [3.63, 3.8) is 0 Å². The number of hydrogen-bond donors (Lipinski definition) is 1. The second kappa shape index (κ2) is 6.50. The minimum atomic E-state index is -0.198. The van der Waals surface area contributed by atoms with Crippen LogP contribution in [-0.4, -0.2) is 30.6 Å². The molecule has 4 heteroatoms. The molecule has 0 bridgehead atoms. The molecule has 0 aromatic heterocycles. The van der Waals surface area contributed by atoms with E-state index in [0.717, 1.165) is 25.2 Å². The minimum Gasteiger partial charge on any atom is -0.315 e. The molecule has 18 heavy (non-hydrogen) atoms. The first-order valence-electron chi connectivity index (χ1n) is 6.59. The van der Waals surface area contributed by atoms with E-state index in [0.29, 0.717) is 17.6 Å². The fraction of sp³-hybridized carbons (Fsp3) is 0.571. The molecule has 1 aliphatic rings. The second-order valence-corrected chi connectivity index (χ2v) is 5.25. The molecule has 1 aliphatic heterocycles. The van der Waals surface area contributed by atoms with E-state index in [-0.39, 0.29) is 5.82 Å². The molecule has 0 aliphatic carbocycles. The van der Waals surface area contributed by atoms with Crippen LogP contribution in [0.5, 0.6) is 0 Å². The number of hydrogen-bond acceptors (Lipinski definition) is 2. The highest BCUT2D eigenvalue weighted by Crippen LogP contribution is 2.22. The van der Waals surface area contributed by atoms with Crippen molar-refractivity contribution >= 4 is 11.6 Å². The van der Waals surface area contributed by atoms with Crippen molar-refractivity contribution in [1.29, 1.82) is 0 Å². The number of likely N-dealkylation sites (tertiary alicyclic amines) is 1. The van der Waals surface area contributed by atoms with Crippen molar-refractivity contribution in [2.75, 3.05) is 19.6 Å². The first-order chi connectivity index (χ1) is 8.70. The summed E-state index contributed by atoms with van der Waals surface area (Å²) in [5.41, 5.74) is 0.739. The summed E-state index contributed by atoms with van der Waals surface area (Å²) in [4.78, 5) is 2.36. The average molecular weight is 271 g/mol. The smallest absolute Gasteiger partial charge is 0.129 e. The van der Waals surface area contributed by atoms with Gasteiger partial charge in [0.15, 0.2) is 0 Å². The van der Waals surface area contributed by atoms with E-state index < -0.39 is 0 Å². The Hall–Kier alpha value is -0.640. The van der Waals surface area contributed by atoms with Crippen molar-refractivity contribution in [3.05, 3.63) is 34.6 Å². The predicted molar refractivity (Wildman–Crippen MR) is 73.4 cm³/mol. The number of nitrogens with zero attached hydrogens (tertiary/aromatic N) is 1. The number of halogens is 2. The summed E-state index contributed by atoms with van der Waals surface area (Å²) in [6, 6.07) is 5.47. The summed E-state index contributed by atoms with van der Waals surface area (Å²) in [5, 5.41) is 3.83. The van der Waals surface area contributed by atoms with Gasteiger partial charge in [-0.3, -0.25) is 4.90 Å². The van der Waals surface area contributed by atoms with E-state index in [1.807, 2.05) is 0 Å². The van der Waals surface area contributed by atoms with Gasteiger partial charge in [-0.25, -0.2) is 4.39 Å². The van der Waals surface area contributed by atoms with Crippen LogP contribution < -0.4 is 5.32 Å². The Morgan fingerprint density at radius 2 is 2.33 bits per heavy atom. The molecule has 2 rings (SSSR count). The predicted octanol–water partition coefficient (Wildman–Crippen LogP) is 3.05. The van der Waals surface area contributed by atoms with Crippen molar-refractivity contribution in [2.24, 2.45) is 0 Å². The summed E-state index contributed by atoms with van der Waals surface area (Å²) >= 11 is 5.77. The van der Waals surface area contributed by atoms with E-state index in [1.54, 1.807) is 12.1 Å². The van der Waals surface area contributed by atoms with Crippen LogP contribution in [0, 0.1) is 5.82 Å². The average Bonchev–Trinajstić information content (AvgIpc) is 2.77. The van der Waals surface area contributed by atoms with E-state index in [4.69, 9.17) is 11.6 Å². The van der Waals surface area contributed by atoms with Gasteiger partial charge in [-0.1, -0.05) is 24.6 Å². The molecule has 1 heterocycles. The largest absolute Gasteiger partial charge is 0.315 e. The Bertz CT molecular complexity index is 397. The highest BCUT2D eigenvalue weighted by molar-refractivity contribution is 6.30. The van der Waals surface area contributed by atoms with Gasteiger partial charge in [-0.05, 0) is 38.1 Å². The van der Waals surface area contributed by atoms with Gasteiger partial charge in [-0.2, -0.15) is 0 Å². The Morgan fingerprint density at radius 1 is 1.50 bits per heavy atom. The first kappa shape index (κ1) is 13.8. The maximum atomic E-state index is 13.8. The van der Waals surface area contributed by atoms with Crippen LogP contribution in [0.1, 0.15) is 25.3 Å². The lowest BCUT2D eigenvalue weighted by Gasteiger charge is -2.24. The van der Waals surface area contributed by atoms with Crippen molar-refractivity contribution in [1.82, 2.24) is 10.2 Å². The molecular weight excluding hydrogens is 251 g/mol. The summed E-state index contributed by atoms with van der Waals surface area (Å²) in [6.45, 7) is 5.82. The van der Waals surface area contributed by atoms with Gasteiger partial charge in [-0.15, -0.1) is 0 Å². The first-order valence-corrected chi connectivity index (χ1v) is 6.97. The molecule has 100 valence electrons. The van der Waals surface area contributed by atoms with Gasteiger partial charge in [0.05, 0.1) is 0 Å². The zero-order valence-corrected chi connectivity index (χ0v) is 11.5. The lowest BCUT2D eigenvalue weighted by atomic mass is 10.1. The van der Waals surface area contributed by atoms with Gasteiger partial charge in [0.1, 0.15) is 5.82 Å². The third-order valence-electron chi connectivity index (χ3n) is 3.52. The number of rotatable bonds is 5. The molecule has 1 fully saturated rings. The van der Waals surface area contributed by atoms with E-state index in [9.17, 15) is 4.39 Å². The van der Waals surface area contributed by atoms with Crippen LogP contribution in [-0.2, 0) is 6.54 Å². The van der Waals surface area contributed by atoms with Gasteiger partial charge < -0.3 is 5.32 Å². The molecule has 1 saturated heterocycles. The van der Waals surface area contributed by atoms with Crippen LogP contribution in [0.15, 0.2) is 18.2 Å². The second-order valence-electron chi connectivity index (χ2n) is 4.81. The maximum Gasteiger partial charge on any atom is 0.129 e. The summed E-state index contributed by atoms with van der Waals surface area (Å²) in [6.07, 6.45) is 2.40. The Balaban J connectivity index is 1.99. The zero-order chi connectivity index (χ0) is 13.0. The standard InChI is InChI=1S/C14H20ClFN2/c1-2-17-9-13-4-3-7-18(13)10-11-5-6-12(15)8-14(11)16/h5-6,8,13,17H,2-4,7,9-10H2,1H3. The summed E-state index contributed by atoms with van der Waals surface area (Å²) in [5.74, 6) is -0.198. The lowest BCUT2D eigenvalue weighted by Crippen LogP contribution is -2.37. The summed E-state index contributed by atoms with van der Waals surface area (Å²) in [7, 11) is 0. The number of likely N-dealkylation sites (N-methyl/N-ethyl adjacent to an activating group) is 1. The van der Waals surface area contributed by atoms with E-state index in [1.165, 1.54) is 18.9 Å². The van der Waals surface area contributed by atoms with Crippen LogP contribution in [0.4, 0.5) is 4.39 Å². The highest BCUT2D eigenvalue weighted by Gasteiger charge is 2.24. The fourth-order valence-electron chi connectivity index (χ4n) is 2.51. The van der Waals surface area contributed by atoms with E-state index in [2.05, 4.69) is 17.1 Å². The van der Waals surface area contributed by atoms with Gasteiger partial charge >= 0.3 is 0 Å². The van der Waals surface area contributed by atoms with Crippen molar-refractivity contribution < 1.29 is 4.39 Å². The Labute approximate surface area is 113 Å². The van der Waals surface area contributed by atoms with Gasteiger partial charge in [0, 0.05) is 29.7 Å². The van der Waals surface area contributed by atoms with Gasteiger partial charge in [0.25, 0.3) is 0 Å². The molecular formula is C14H20ClFN2. The van der Waals surface area contributed by atoms with Crippen molar-refractivity contribution in [2.45, 2.75) is 32.4 Å². The highest BCUT2D eigenvalue weighted by atomic mass is 35.5. The molecule has 1 aromatic rings. The molecule has 1 aromatic carbocycles. The monoisotopic (exact) mass is 270 g/mol. The third-order valence-corrected chi connectivity index (χ3v) is 3.75. The lowest BCUT2D eigenvalue weighted by molar-refractivity contribution is 0.237. The topological polar surface area (TPSA) is 15.3 Å². The van der Waals surface area contributed by atoms with Crippen LogP contribution >= 0.6 is 11.6 Å². The fourth-order valence-corrected chi connectivity index (χ4v) is 2.67. The van der Waals surface area contributed by atoms with Crippen molar-refractivity contribution in [3.8, 4) is 0 Å². The molecule has 1 unspecified atom stereocenters. The van der Waals surface area contributed by atoms with Crippen LogP contribution in [0.3, 0.4) is 0 Å². The Morgan fingerprint density at radius 3 is 3.06 bits per heavy atom. The SMILES string of the molecule is CCNCC1CCCN1Cc1ccc(Cl)cc1F.